The molecule has 1 aliphatic rings. The van der Waals surface area contributed by atoms with E-state index in [2.05, 4.69) is 11.2 Å². The minimum Gasteiger partial charge on any atom is -0.457 e. The first-order valence-electron chi connectivity index (χ1n) is 8.79. The highest BCUT2D eigenvalue weighted by Gasteiger charge is 2.15. The van der Waals surface area contributed by atoms with E-state index in [9.17, 15) is 4.79 Å². The van der Waals surface area contributed by atoms with Crippen molar-refractivity contribution in [3.05, 3.63) is 78.1 Å². The summed E-state index contributed by atoms with van der Waals surface area (Å²) in [6.45, 7) is 0. The Labute approximate surface area is 152 Å². The molecular formula is C22H20N2O2. The van der Waals surface area contributed by atoms with Crippen molar-refractivity contribution in [2.45, 2.75) is 19.3 Å². The lowest BCUT2D eigenvalue weighted by molar-refractivity contribution is -0.114. The molecule has 0 saturated carbocycles. The monoisotopic (exact) mass is 344 g/mol. The summed E-state index contributed by atoms with van der Waals surface area (Å²) in [5.41, 5.74) is 4.27. The van der Waals surface area contributed by atoms with Gasteiger partial charge in [-0.05, 0) is 36.1 Å². The van der Waals surface area contributed by atoms with Gasteiger partial charge in [0.05, 0.1) is 6.20 Å². The fourth-order valence-corrected chi connectivity index (χ4v) is 3.25. The van der Waals surface area contributed by atoms with Crippen LogP contribution in [-0.2, 0) is 18.3 Å². The molecule has 4 rings (SSSR count). The Hall–Kier alpha value is -3.14. The number of benzene rings is 2. The van der Waals surface area contributed by atoms with Crippen molar-refractivity contribution in [1.29, 1.82) is 0 Å². The summed E-state index contributed by atoms with van der Waals surface area (Å²) in [6, 6.07) is 16.0. The van der Waals surface area contributed by atoms with Crippen molar-refractivity contribution >= 4 is 11.5 Å². The smallest absolute Gasteiger partial charge is 0.159 e. The first kappa shape index (κ1) is 16.3. The lowest BCUT2D eigenvalue weighted by atomic mass is 9.96. The van der Waals surface area contributed by atoms with Gasteiger partial charge in [0.1, 0.15) is 11.5 Å². The standard InChI is InChI=1S/C22H20N2O2/c1-24-15-18(14-23-24)17-8-5-10-20(12-17)26-22-13-19(25)9-4-7-16-6-2-3-11-21(16)22/h2-3,5-6,8,10-15H,4,7,9H2,1H3. The first-order valence-corrected chi connectivity index (χ1v) is 8.79. The van der Waals surface area contributed by atoms with Crippen LogP contribution in [0.3, 0.4) is 0 Å². The van der Waals surface area contributed by atoms with Crippen LogP contribution in [0.5, 0.6) is 5.75 Å². The van der Waals surface area contributed by atoms with Crippen molar-refractivity contribution in [2.24, 2.45) is 7.05 Å². The van der Waals surface area contributed by atoms with E-state index in [1.165, 1.54) is 5.56 Å². The number of hydrogen-bond acceptors (Lipinski definition) is 3. The van der Waals surface area contributed by atoms with Crippen LogP contribution in [0.1, 0.15) is 24.0 Å². The van der Waals surface area contributed by atoms with Crippen molar-refractivity contribution in [1.82, 2.24) is 9.78 Å². The van der Waals surface area contributed by atoms with Gasteiger partial charge in [0.15, 0.2) is 5.78 Å². The fraction of sp³-hybridized carbons (Fsp3) is 0.182. The summed E-state index contributed by atoms with van der Waals surface area (Å²) in [5.74, 6) is 1.44. The SMILES string of the molecule is Cn1cc(-c2cccc(OC3=CC(=O)CCCc4ccccc43)c2)cn1. The van der Waals surface area contributed by atoms with Gasteiger partial charge in [-0.15, -0.1) is 0 Å². The molecule has 0 fully saturated rings. The van der Waals surface area contributed by atoms with E-state index >= 15 is 0 Å². The van der Waals surface area contributed by atoms with E-state index in [0.29, 0.717) is 17.9 Å². The molecule has 1 aromatic heterocycles. The van der Waals surface area contributed by atoms with E-state index < -0.39 is 0 Å². The van der Waals surface area contributed by atoms with E-state index in [0.717, 1.165) is 29.5 Å². The van der Waals surface area contributed by atoms with Crippen LogP contribution in [0, 0.1) is 0 Å². The van der Waals surface area contributed by atoms with Gasteiger partial charge in [-0.1, -0.05) is 36.4 Å². The van der Waals surface area contributed by atoms with Gasteiger partial charge in [-0.3, -0.25) is 9.48 Å². The summed E-state index contributed by atoms with van der Waals surface area (Å²) in [6.07, 6.45) is 7.74. The van der Waals surface area contributed by atoms with E-state index in [-0.39, 0.29) is 5.78 Å². The second kappa shape index (κ2) is 7.00. The van der Waals surface area contributed by atoms with Crippen LogP contribution in [0.15, 0.2) is 67.0 Å². The predicted octanol–water partition coefficient (Wildman–Crippen LogP) is 4.41. The van der Waals surface area contributed by atoms with Crippen LogP contribution in [0.2, 0.25) is 0 Å². The van der Waals surface area contributed by atoms with Crippen LogP contribution in [0.25, 0.3) is 16.9 Å². The number of aryl methyl sites for hydroxylation is 2. The molecule has 1 heterocycles. The predicted molar refractivity (Wildman–Crippen MR) is 102 cm³/mol. The Morgan fingerprint density at radius 3 is 2.77 bits per heavy atom. The number of carbonyl (C=O) groups excluding carboxylic acids is 1. The fourth-order valence-electron chi connectivity index (χ4n) is 3.25. The van der Waals surface area contributed by atoms with Crippen molar-refractivity contribution < 1.29 is 9.53 Å². The highest BCUT2D eigenvalue weighted by atomic mass is 16.5. The van der Waals surface area contributed by atoms with Gasteiger partial charge in [0.25, 0.3) is 0 Å². The van der Waals surface area contributed by atoms with Crippen molar-refractivity contribution in [2.75, 3.05) is 0 Å². The maximum Gasteiger partial charge on any atom is 0.159 e. The van der Waals surface area contributed by atoms with Gasteiger partial charge in [-0.25, -0.2) is 0 Å². The topological polar surface area (TPSA) is 44.1 Å². The third kappa shape index (κ3) is 3.45. The minimum absolute atomic E-state index is 0.109. The molecule has 4 heteroatoms. The van der Waals surface area contributed by atoms with Crippen LogP contribution in [-0.4, -0.2) is 15.6 Å². The number of ether oxygens (including phenoxy) is 1. The summed E-state index contributed by atoms with van der Waals surface area (Å²) >= 11 is 0. The third-order valence-electron chi connectivity index (χ3n) is 4.54. The molecule has 0 unspecified atom stereocenters. The minimum atomic E-state index is 0.109. The normalized spacial score (nSPS) is 14.2. The first-order chi connectivity index (χ1) is 12.7. The molecule has 1 aliphatic carbocycles. The molecule has 0 atom stereocenters. The van der Waals surface area contributed by atoms with Crippen LogP contribution >= 0.6 is 0 Å². The maximum atomic E-state index is 12.2. The quantitative estimate of drug-likeness (QED) is 0.707. The molecule has 0 spiro atoms. The van der Waals surface area contributed by atoms with E-state index in [1.54, 1.807) is 10.8 Å². The summed E-state index contributed by atoms with van der Waals surface area (Å²) < 4.78 is 7.94. The lowest BCUT2D eigenvalue weighted by Gasteiger charge is -2.17. The average molecular weight is 344 g/mol. The Kier molecular flexibility index (Phi) is 4.40. The molecule has 3 aromatic rings. The Morgan fingerprint density at radius 2 is 1.92 bits per heavy atom. The van der Waals surface area contributed by atoms with Gasteiger partial charge in [0, 0.05) is 36.9 Å². The zero-order valence-corrected chi connectivity index (χ0v) is 14.7. The molecular weight excluding hydrogens is 324 g/mol. The Morgan fingerprint density at radius 1 is 1.04 bits per heavy atom. The molecule has 0 amide bonds. The highest BCUT2D eigenvalue weighted by molar-refractivity contribution is 5.96. The average Bonchev–Trinajstić information content (AvgIpc) is 3.07. The largest absolute Gasteiger partial charge is 0.457 e. The summed E-state index contributed by atoms with van der Waals surface area (Å²) in [4.78, 5) is 12.2. The zero-order chi connectivity index (χ0) is 17.9. The molecule has 0 aliphatic heterocycles. The summed E-state index contributed by atoms with van der Waals surface area (Å²) in [7, 11) is 1.89. The van der Waals surface area contributed by atoms with E-state index in [1.807, 2.05) is 61.9 Å². The number of fused-ring (bicyclic) bond motifs is 1. The number of rotatable bonds is 3. The number of allylic oxidation sites excluding steroid dienone is 1. The molecule has 130 valence electrons. The molecule has 0 bridgehead atoms. The molecule has 0 radical (unpaired) electrons. The molecule has 4 nitrogen and oxygen atoms in total. The molecule has 2 aromatic carbocycles. The van der Waals surface area contributed by atoms with Crippen molar-refractivity contribution in [3.63, 3.8) is 0 Å². The third-order valence-corrected chi connectivity index (χ3v) is 4.54. The molecule has 0 N–H and O–H groups in total. The number of hydrogen-bond donors (Lipinski definition) is 0. The number of ketones is 1. The van der Waals surface area contributed by atoms with Gasteiger partial charge >= 0.3 is 0 Å². The number of aromatic nitrogens is 2. The highest BCUT2D eigenvalue weighted by Crippen LogP contribution is 2.29. The maximum absolute atomic E-state index is 12.2. The number of nitrogens with zero attached hydrogens (tertiary/aromatic N) is 2. The second-order valence-corrected chi connectivity index (χ2v) is 6.52. The Balaban J connectivity index is 1.69. The van der Waals surface area contributed by atoms with Gasteiger partial charge < -0.3 is 4.74 Å². The van der Waals surface area contributed by atoms with Crippen molar-refractivity contribution in [3.8, 4) is 16.9 Å². The van der Waals surface area contributed by atoms with Gasteiger partial charge in [-0.2, -0.15) is 5.10 Å². The second-order valence-electron chi connectivity index (χ2n) is 6.52. The lowest BCUT2D eigenvalue weighted by Crippen LogP contribution is -2.07. The molecule has 0 saturated heterocycles. The van der Waals surface area contributed by atoms with E-state index in [4.69, 9.17) is 4.74 Å². The zero-order valence-electron chi connectivity index (χ0n) is 14.7. The summed E-state index contributed by atoms with van der Waals surface area (Å²) in [5, 5.41) is 4.22. The number of carbonyl (C=O) groups is 1. The van der Waals surface area contributed by atoms with Crippen LogP contribution in [0.4, 0.5) is 0 Å². The molecule has 26 heavy (non-hydrogen) atoms. The van der Waals surface area contributed by atoms with Gasteiger partial charge in [0.2, 0.25) is 0 Å². The Bertz CT molecular complexity index is 985. The van der Waals surface area contributed by atoms with Crippen LogP contribution < -0.4 is 4.74 Å².